The summed E-state index contributed by atoms with van der Waals surface area (Å²) >= 11 is 3.44. The molecule has 0 aliphatic heterocycles. The minimum atomic E-state index is 0.419. The Morgan fingerprint density at radius 2 is 2.06 bits per heavy atom. The lowest BCUT2D eigenvalue weighted by Crippen LogP contribution is -2.25. The second-order valence-corrected chi connectivity index (χ2v) is 4.94. The van der Waals surface area contributed by atoms with E-state index in [0.29, 0.717) is 5.95 Å². The van der Waals surface area contributed by atoms with Crippen LogP contribution >= 0.6 is 15.9 Å². The summed E-state index contributed by atoms with van der Waals surface area (Å²) in [4.78, 5) is 12.6. The Bertz CT molecular complexity index is 357. The third kappa shape index (κ3) is 4.45. The number of hydrazine groups is 1. The van der Waals surface area contributed by atoms with Crippen LogP contribution in [0.15, 0.2) is 10.7 Å². The lowest BCUT2D eigenvalue weighted by atomic mass is 10.3. The van der Waals surface area contributed by atoms with Gasteiger partial charge in [-0.1, -0.05) is 0 Å². The van der Waals surface area contributed by atoms with Gasteiger partial charge in [-0.15, -0.1) is 0 Å². The van der Waals surface area contributed by atoms with Crippen molar-refractivity contribution in [2.45, 2.75) is 6.42 Å². The Hall–Kier alpha value is -0.920. The van der Waals surface area contributed by atoms with Crippen LogP contribution in [0, 0.1) is 0 Å². The van der Waals surface area contributed by atoms with E-state index in [9.17, 15) is 0 Å². The highest BCUT2D eigenvalue weighted by atomic mass is 79.9. The monoisotopic (exact) mass is 302 g/mol. The molecule has 1 aromatic rings. The molecular weight excluding hydrogens is 284 g/mol. The smallest absolute Gasteiger partial charge is 0.239 e. The number of rotatable bonds is 6. The summed E-state index contributed by atoms with van der Waals surface area (Å²) in [5.74, 6) is 6.55. The number of aromatic nitrogens is 2. The van der Waals surface area contributed by atoms with Crippen molar-refractivity contribution in [2.24, 2.45) is 5.84 Å². The fourth-order valence-electron chi connectivity index (χ4n) is 1.43. The third-order valence-electron chi connectivity index (χ3n) is 2.32. The molecule has 0 aliphatic rings. The van der Waals surface area contributed by atoms with Crippen molar-refractivity contribution in [1.29, 1.82) is 0 Å². The van der Waals surface area contributed by atoms with Gasteiger partial charge in [-0.3, -0.25) is 5.43 Å². The van der Waals surface area contributed by atoms with Gasteiger partial charge in [0.1, 0.15) is 5.82 Å². The molecule has 0 aromatic carbocycles. The molecule has 0 atom stereocenters. The number of halogens is 1. The van der Waals surface area contributed by atoms with Gasteiger partial charge in [-0.05, 0) is 43.0 Å². The number of nitrogens with zero attached hydrogens (tertiary/aromatic N) is 4. The predicted octanol–water partition coefficient (Wildman–Crippen LogP) is 0.913. The molecule has 3 N–H and O–H groups in total. The first-order valence-corrected chi connectivity index (χ1v) is 6.19. The summed E-state index contributed by atoms with van der Waals surface area (Å²) in [5.41, 5.74) is 2.45. The molecule has 17 heavy (non-hydrogen) atoms. The van der Waals surface area contributed by atoms with E-state index in [1.54, 1.807) is 6.20 Å². The molecule has 0 fully saturated rings. The van der Waals surface area contributed by atoms with Crippen LogP contribution in [-0.4, -0.2) is 49.1 Å². The molecule has 1 aromatic heterocycles. The lowest BCUT2D eigenvalue weighted by molar-refractivity contribution is 0.401. The topological polar surface area (TPSA) is 70.3 Å². The van der Waals surface area contributed by atoms with Crippen LogP contribution in [-0.2, 0) is 0 Å². The number of nitrogens with two attached hydrogens (primary N) is 1. The fourth-order valence-corrected chi connectivity index (χ4v) is 1.92. The number of nitrogen functional groups attached to an aromatic ring is 1. The summed E-state index contributed by atoms with van der Waals surface area (Å²) in [7, 11) is 6.14. The van der Waals surface area contributed by atoms with Crippen LogP contribution in [0.25, 0.3) is 0 Å². The van der Waals surface area contributed by atoms with E-state index in [2.05, 4.69) is 55.2 Å². The zero-order valence-corrected chi connectivity index (χ0v) is 12.0. The number of nitrogens with one attached hydrogen (secondary N) is 1. The Labute approximate surface area is 110 Å². The molecule has 0 aliphatic carbocycles. The Balaban J connectivity index is 2.64. The van der Waals surface area contributed by atoms with Crippen molar-refractivity contribution in [3.63, 3.8) is 0 Å². The third-order valence-corrected chi connectivity index (χ3v) is 2.87. The van der Waals surface area contributed by atoms with Gasteiger partial charge in [0, 0.05) is 19.8 Å². The van der Waals surface area contributed by atoms with Gasteiger partial charge in [0.25, 0.3) is 0 Å². The minimum absolute atomic E-state index is 0.419. The van der Waals surface area contributed by atoms with E-state index in [1.807, 2.05) is 7.05 Å². The molecule has 6 nitrogen and oxygen atoms in total. The number of hydrogen-bond acceptors (Lipinski definition) is 6. The van der Waals surface area contributed by atoms with Crippen LogP contribution in [0.2, 0.25) is 0 Å². The summed E-state index contributed by atoms with van der Waals surface area (Å²) < 4.78 is 0.865. The average Bonchev–Trinajstić information content (AvgIpc) is 2.29. The normalized spacial score (nSPS) is 10.7. The van der Waals surface area contributed by atoms with Crippen LogP contribution in [0.3, 0.4) is 0 Å². The van der Waals surface area contributed by atoms with E-state index in [0.717, 1.165) is 29.8 Å². The minimum Gasteiger partial charge on any atom is -0.359 e. The average molecular weight is 303 g/mol. The van der Waals surface area contributed by atoms with Gasteiger partial charge in [0.05, 0.1) is 4.47 Å². The standard InChI is InChI=1S/C10H19BrN6/c1-16(2)5-4-6-17(3)9-8(11)7-13-10(14-9)15-12/h7H,4-6,12H2,1-3H3,(H,13,14,15). The van der Waals surface area contributed by atoms with Crippen LogP contribution < -0.4 is 16.2 Å². The summed E-state index contributed by atoms with van der Waals surface area (Å²) in [6.07, 6.45) is 2.77. The van der Waals surface area contributed by atoms with Crippen LogP contribution in [0.4, 0.5) is 11.8 Å². The van der Waals surface area contributed by atoms with Crippen LogP contribution in [0.1, 0.15) is 6.42 Å². The maximum Gasteiger partial charge on any atom is 0.239 e. The lowest BCUT2D eigenvalue weighted by Gasteiger charge is -2.20. The molecule has 0 bridgehead atoms. The molecule has 0 unspecified atom stereocenters. The molecule has 0 amide bonds. The van der Waals surface area contributed by atoms with Crippen molar-refractivity contribution < 1.29 is 0 Å². The van der Waals surface area contributed by atoms with Gasteiger partial charge in [-0.2, -0.15) is 4.98 Å². The summed E-state index contributed by atoms with van der Waals surface area (Å²) in [5, 5.41) is 0. The van der Waals surface area contributed by atoms with Gasteiger partial charge < -0.3 is 9.80 Å². The second-order valence-electron chi connectivity index (χ2n) is 4.09. The zero-order chi connectivity index (χ0) is 12.8. The SMILES string of the molecule is CN(C)CCCN(C)c1nc(NN)ncc1Br. The van der Waals surface area contributed by atoms with Crippen molar-refractivity contribution >= 4 is 27.7 Å². The highest BCUT2D eigenvalue weighted by Gasteiger charge is 2.09. The van der Waals surface area contributed by atoms with Crippen molar-refractivity contribution in [3.05, 3.63) is 10.7 Å². The molecule has 0 spiro atoms. The van der Waals surface area contributed by atoms with E-state index >= 15 is 0 Å². The van der Waals surface area contributed by atoms with E-state index < -0.39 is 0 Å². The van der Waals surface area contributed by atoms with E-state index in [1.165, 1.54) is 0 Å². The second kappa shape index (κ2) is 6.73. The van der Waals surface area contributed by atoms with Crippen LogP contribution in [0.5, 0.6) is 0 Å². The highest BCUT2D eigenvalue weighted by molar-refractivity contribution is 9.10. The van der Waals surface area contributed by atoms with Crippen molar-refractivity contribution in [2.75, 3.05) is 44.6 Å². The van der Waals surface area contributed by atoms with Gasteiger partial charge in [0.2, 0.25) is 5.95 Å². The molecule has 0 saturated heterocycles. The first kappa shape index (κ1) is 14.1. The first-order chi connectivity index (χ1) is 8.04. The summed E-state index contributed by atoms with van der Waals surface area (Å²) in [6, 6.07) is 0. The van der Waals surface area contributed by atoms with E-state index in [-0.39, 0.29) is 0 Å². The first-order valence-electron chi connectivity index (χ1n) is 5.39. The Kier molecular flexibility index (Phi) is 5.60. The molecule has 1 rings (SSSR count). The van der Waals surface area contributed by atoms with E-state index in [4.69, 9.17) is 5.84 Å². The quantitative estimate of drug-likeness (QED) is 0.601. The van der Waals surface area contributed by atoms with Crippen molar-refractivity contribution in [1.82, 2.24) is 14.9 Å². The Morgan fingerprint density at radius 3 is 2.65 bits per heavy atom. The highest BCUT2D eigenvalue weighted by Crippen LogP contribution is 2.23. The van der Waals surface area contributed by atoms with Gasteiger partial charge >= 0.3 is 0 Å². The Morgan fingerprint density at radius 1 is 1.35 bits per heavy atom. The van der Waals surface area contributed by atoms with Gasteiger partial charge in [-0.25, -0.2) is 10.8 Å². The zero-order valence-electron chi connectivity index (χ0n) is 10.4. The number of anilines is 2. The predicted molar refractivity (Wildman–Crippen MR) is 74.0 cm³/mol. The molecule has 96 valence electrons. The maximum atomic E-state index is 5.29. The largest absolute Gasteiger partial charge is 0.359 e. The maximum absolute atomic E-state index is 5.29. The number of hydrogen-bond donors (Lipinski definition) is 2. The molecule has 0 saturated carbocycles. The fraction of sp³-hybridized carbons (Fsp3) is 0.600. The molecule has 7 heteroatoms. The summed E-state index contributed by atoms with van der Waals surface area (Å²) in [6.45, 7) is 1.98. The molecule has 0 radical (unpaired) electrons. The molecule has 1 heterocycles. The molecular formula is C10H19BrN6. The van der Waals surface area contributed by atoms with Crippen molar-refractivity contribution in [3.8, 4) is 0 Å². The van der Waals surface area contributed by atoms with Gasteiger partial charge in [0.15, 0.2) is 0 Å².